The Morgan fingerprint density at radius 3 is 2.27 bits per heavy atom. The van der Waals surface area contributed by atoms with E-state index >= 15 is 0 Å². The van der Waals surface area contributed by atoms with Crippen LogP contribution in [-0.4, -0.2) is 33.1 Å². The Hall–Kier alpha value is -0.120. The molecule has 1 fully saturated rings. The van der Waals surface area contributed by atoms with E-state index in [1.165, 1.54) is 0 Å². The molecule has 11 heavy (non-hydrogen) atoms. The lowest BCUT2D eigenvalue weighted by molar-refractivity contribution is -0.116. The molecule has 0 saturated heterocycles. The van der Waals surface area contributed by atoms with E-state index in [0.29, 0.717) is 6.42 Å². The van der Waals surface area contributed by atoms with Crippen molar-refractivity contribution in [1.29, 1.82) is 0 Å². The van der Waals surface area contributed by atoms with Gasteiger partial charge in [0.2, 0.25) is 0 Å². The Kier molecular flexibility index (Phi) is 2.23. The summed E-state index contributed by atoms with van der Waals surface area (Å²) in [6, 6.07) is 0. The van der Waals surface area contributed by atoms with Crippen molar-refractivity contribution in [3.8, 4) is 0 Å². The molecular weight excluding hydrogens is 144 g/mol. The van der Waals surface area contributed by atoms with Crippen molar-refractivity contribution in [2.24, 2.45) is 5.92 Å². The van der Waals surface area contributed by atoms with Crippen molar-refractivity contribution in [2.75, 3.05) is 0 Å². The zero-order valence-electron chi connectivity index (χ0n) is 6.99. The Labute approximate surface area is 66.7 Å². The SMILES string of the molecule is CC1CC(C)(O)CC(O)C1O. The van der Waals surface area contributed by atoms with E-state index in [1.807, 2.05) is 6.92 Å². The Morgan fingerprint density at radius 2 is 1.82 bits per heavy atom. The third kappa shape index (κ3) is 1.92. The highest BCUT2D eigenvalue weighted by molar-refractivity contribution is 4.90. The maximum atomic E-state index is 9.56. The summed E-state index contributed by atoms with van der Waals surface area (Å²) in [6.07, 6.45) is -0.604. The number of hydrogen-bond donors (Lipinski definition) is 3. The third-order valence-electron chi connectivity index (χ3n) is 2.39. The highest BCUT2D eigenvalue weighted by Crippen LogP contribution is 2.32. The molecule has 4 unspecified atom stereocenters. The molecule has 0 amide bonds. The van der Waals surface area contributed by atoms with Crippen LogP contribution in [0, 0.1) is 5.92 Å². The molecular formula is C8H16O3. The van der Waals surface area contributed by atoms with E-state index in [9.17, 15) is 15.3 Å². The van der Waals surface area contributed by atoms with Gasteiger partial charge in [0.15, 0.2) is 0 Å². The van der Waals surface area contributed by atoms with Crippen molar-refractivity contribution < 1.29 is 15.3 Å². The topological polar surface area (TPSA) is 60.7 Å². The molecule has 3 nitrogen and oxygen atoms in total. The van der Waals surface area contributed by atoms with Gasteiger partial charge in [0.05, 0.1) is 17.8 Å². The molecule has 1 saturated carbocycles. The third-order valence-corrected chi connectivity index (χ3v) is 2.39. The van der Waals surface area contributed by atoms with Crippen molar-refractivity contribution >= 4 is 0 Å². The zero-order valence-corrected chi connectivity index (χ0v) is 6.99. The zero-order chi connectivity index (χ0) is 8.65. The highest BCUT2D eigenvalue weighted by Gasteiger charge is 2.38. The predicted octanol–water partition coefficient (Wildman–Crippen LogP) is -0.111. The van der Waals surface area contributed by atoms with E-state index in [1.54, 1.807) is 6.92 Å². The van der Waals surface area contributed by atoms with Gasteiger partial charge in [-0.25, -0.2) is 0 Å². The number of aliphatic hydroxyl groups excluding tert-OH is 2. The summed E-state index contributed by atoms with van der Waals surface area (Å²) in [5.41, 5.74) is -0.807. The second-order valence-electron chi connectivity index (χ2n) is 3.94. The molecule has 0 heterocycles. The number of aliphatic hydroxyl groups is 3. The van der Waals surface area contributed by atoms with Crippen LogP contribution in [0.15, 0.2) is 0 Å². The van der Waals surface area contributed by atoms with Gasteiger partial charge < -0.3 is 15.3 Å². The number of hydrogen-bond acceptors (Lipinski definition) is 3. The normalized spacial score (nSPS) is 52.6. The predicted molar refractivity (Wildman–Crippen MR) is 41.0 cm³/mol. The molecule has 1 aliphatic rings. The Morgan fingerprint density at radius 1 is 1.27 bits per heavy atom. The minimum atomic E-state index is -0.807. The van der Waals surface area contributed by atoms with Crippen LogP contribution in [0.2, 0.25) is 0 Å². The molecule has 0 aromatic carbocycles. The summed E-state index contributed by atoms with van der Waals surface area (Å²) in [5, 5.41) is 28.2. The highest BCUT2D eigenvalue weighted by atomic mass is 16.3. The van der Waals surface area contributed by atoms with E-state index in [0.717, 1.165) is 0 Å². The summed E-state index contributed by atoms with van der Waals surface area (Å²) < 4.78 is 0. The number of rotatable bonds is 0. The first-order valence-corrected chi connectivity index (χ1v) is 4.01. The van der Waals surface area contributed by atoms with Crippen LogP contribution in [0.3, 0.4) is 0 Å². The smallest absolute Gasteiger partial charge is 0.0829 e. The molecule has 4 atom stereocenters. The molecule has 1 aliphatic carbocycles. The first-order valence-electron chi connectivity index (χ1n) is 4.01. The summed E-state index contributed by atoms with van der Waals surface area (Å²) in [6.45, 7) is 3.53. The van der Waals surface area contributed by atoms with Gasteiger partial charge in [-0.1, -0.05) is 6.92 Å². The van der Waals surface area contributed by atoms with Gasteiger partial charge in [-0.2, -0.15) is 0 Å². The molecule has 0 aliphatic heterocycles. The molecule has 0 bridgehead atoms. The van der Waals surface area contributed by atoms with Crippen LogP contribution in [0.1, 0.15) is 26.7 Å². The van der Waals surface area contributed by atoms with Gasteiger partial charge in [0, 0.05) is 6.42 Å². The van der Waals surface area contributed by atoms with Gasteiger partial charge in [0.25, 0.3) is 0 Å². The maximum absolute atomic E-state index is 9.56. The fraction of sp³-hybridized carbons (Fsp3) is 1.00. The molecule has 3 heteroatoms. The molecule has 3 N–H and O–H groups in total. The minimum Gasteiger partial charge on any atom is -0.390 e. The lowest BCUT2D eigenvalue weighted by atomic mass is 9.77. The first-order chi connectivity index (χ1) is 4.92. The van der Waals surface area contributed by atoms with Crippen LogP contribution in [-0.2, 0) is 0 Å². The Bertz CT molecular complexity index is 130. The molecule has 0 spiro atoms. The summed E-state index contributed by atoms with van der Waals surface area (Å²) >= 11 is 0. The van der Waals surface area contributed by atoms with E-state index < -0.39 is 17.8 Å². The lowest BCUT2D eigenvalue weighted by Crippen LogP contribution is -2.47. The monoisotopic (exact) mass is 160 g/mol. The van der Waals surface area contributed by atoms with Crippen LogP contribution < -0.4 is 0 Å². The quantitative estimate of drug-likeness (QED) is 0.463. The van der Waals surface area contributed by atoms with Gasteiger partial charge in [-0.05, 0) is 19.3 Å². The molecule has 66 valence electrons. The second kappa shape index (κ2) is 2.73. The molecule has 1 rings (SSSR count). The molecule has 0 radical (unpaired) electrons. The van der Waals surface area contributed by atoms with Crippen molar-refractivity contribution in [3.05, 3.63) is 0 Å². The summed E-state index contributed by atoms with van der Waals surface area (Å²) in [7, 11) is 0. The van der Waals surface area contributed by atoms with Gasteiger partial charge in [-0.3, -0.25) is 0 Å². The van der Waals surface area contributed by atoms with Crippen molar-refractivity contribution in [2.45, 2.75) is 44.5 Å². The van der Waals surface area contributed by atoms with E-state index in [-0.39, 0.29) is 12.3 Å². The van der Waals surface area contributed by atoms with Crippen LogP contribution >= 0.6 is 0 Å². The standard InChI is InChI=1S/C8H16O3/c1-5-3-8(2,11)4-6(9)7(5)10/h5-7,9-11H,3-4H2,1-2H3. The average Bonchev–Trinajstić information content (AvgIpc) is 1.81. The second-order valence-corrected chi connectivity index (χ2v) is 3.94. The van der Waals surface area contributed by atoms with Crippen LogP contribution in [0.5, 0.6) is 0 Å². The summed E-state index contributed by atoms with van der Waals surface area (Å²) in [4.78, 5) is 0. The molecule has 0 aromatic heterocycles. The average molecular weight is 160 g/mol. The Balaban J connectivity index is 2.62. The fourth-order valence-electron chi connectivity index (χ4n) is 1.85. The first kappa shape index (κ1) is 8.97. The minimum absolute atomic E-state index is 0.0197. The lowest BCUT2D eigenvalue weighted by Gasteiger charge is -2.38. The molecule has 0 aromatic rings. The summed E-state index contributed by atoms with van der Waals surface area (Å²) in [5.74, 6) is -0.0197. The van der Waals surface area contributed by atoms with Crippen molar-refractivity contribution in [1.82, 2.24) is 0 Å². The van der Waals surface area contributed by atoms with E-state index in [4.69, 9.17) is 0 Å². The van der Waals surface area contributed by atoms with Gasteiger partial charge in [0.1, 0.15) is 0 Å². The van der Waals surface area contributed by atoms with Crippen LogP contribution in [0.25, 0.3) is 0 Å². The van der Waals surface area contributed by atoms with Crippen LogP contribution in [0.4, 0.5) is 0 Å². The van der Waals surface area contributed by atoms with Gasteiger partial charge in [-0.15, -0.1) is 0 Å². The maximum Gasteiger partial charge on any atom is 0.0829 e. The fourth-order valence-corrected chi connectivity index (χ4v) is 1.85. The largest absolute Gasteiger partial charge is 0.390 e. The van der Waals surface area contributed by atoms with Crippen molar-refractivity contribution in [3.63, 3.8) is 0 Å². The van der Waals surface area contributed by atoms with Gasteiger partial charge >= 0.3 is 0 Å². The van der Waals surface area contributed by atoms with E-state index in [2.05, 4.69) is 0 Å².